The molecule has 5 nitrogen and oxygen atoms in total. The molecule has 2 aromatic rings. The third-order valence-electron chi connectivity index (χ3n) is 2.83. The Kier molecular flexibility index (Phi) is 4.75. The summed E-state index contributed by atoms with van der Waals surface area (Å²) in [7, 11) is 0. The van der Waals surface area contributed by atoms with Crippen LogP contribution in [0.4, 0.5) is 0 Å². The van der Waals surface area contributed by atoms with Crippen LogP contribution in [0.15, 0.2) is 66.3 Å². The molecule has 0 radical (unpaired) electrons. The van der Waals surface area contributed by atoms with Crippen LogP contribution in [0.5, 0.6) is 0 Å². The predicted octanol–water partition coefficient (Wildman–Crippen LogP) is 4.32. The molecule has 0 aliphatic carbocycles. The molecule has 0 bridgehead atoms. The fourth-order valence-corrected chi connectivity index (χ4v) is 1.72. The summed E-state index contributed by atoms with van der Waals surface area (Å²) in [6.45, 7) is 3.86. The molecule has 2 aromatic carbocycles. The van der Waals surface area contributed by atoms with E-state index in [0.717, 1.165) is 5.56 Å². The maximum absolute atomic E-state index is 11.9. The van der Waals surface area contributed by atoms with Crippen LogP contribution in [0.3, 0.4) is 0 Å². The van der Waals surface area contributed by atoms with Crippen molar-refractivity contribution < 1.29 is 9.53 Å². The van der Waals surface area contributed by atoms with Crippen molar-refractivity contribution in [2.45, 2.75) is 6.61 Å². The number of hydrogen-bond acceptors (Lipinski definition) is 3. The average molecular weight is 279 g/mol. The van der Waals surface area contributed by atoms with Crippen molar-refractivity contribution in [3.8, 4) is 0 Å². The number of carbonyl (C=O) groups excluding carboxylic acids is 1. The Balaban J connectivity index is 2.00. The number of azide groups is 1. The van der Waals surface area contributed by atoms with Crippen molar-refractivity contribution in [3.05, 3.63) is 88.3 Å². The summed E-state index contributed by atoms with van der Waals surface area (Å²) in [5.41, 5.74) is 10.7. The Morgan fingerprint density at radius 1 is 1.10 bits per heavy atom. The zero-order chi connectivity index (χ0) is 15.1. The second-order valence-corrected chi connectivity index (χ2v) is 4.28. The van der Waals surface area contributed by atoms with E-state index in [0.29, 0.717) is 16.8 Å². The molecule has 0 saturated carbocycles. The lowest BCUT2D eigenvalue weighted by molar-refractivity contribution is 0.0472. The second-order valence-electron chi connectivity index (χ2n) is 4.28. The number of esters is 1. The fraction of sp³-hybridized carbons (Fsp3) is 0.0625. The minimum absolute atomic E-state index is 0.229. The predicted molar refractivity (Wildman–Crippen MR) is 80.2 cm³/mol. The molecule has 0 spiro atoms. The van der Waals surface area contributed by atoms with Crippen LogP contribution in [0, 0.1) is 0 Å². The summed E-state index contributed by atoms with van der Waals surface area (Å²) >= 11 is 0. The number of rotatable bonds is 5. The Morgan fingerprint density at radius 2 is 1.71 bits per heavy atom. The SMILES string of the molecule is C=C(N=[N+]=[N-])c1ccc(C(=O)OCc2ccccc2)cc1. The van der Waals surface area contributed by atoms with Crippen LogP contribution in [-0.4, -0.2) is 5.97 Å². The van der Waals surface area contributed by atoms with Gasteiger partial charge in [-0.05, 0) is 28.8 Å². The molecule has 0 saturated heterocycles. The van der Waals surface area contributed by atoms with Crippen LogP contribution in [0.25, 0.3) is 16.1 Å². The van der Waals surface area contributed by atoms with Gasteiger partial charge in [-0.1, -0.05) is 54.2 Å². The average Bonchev–Trinajstić information content (AvgIpc) is 2.54. The Labute approximate surface area is 122 Å². The Bertz CT molecular complexity index is 687. The van der Waals surface area contributed by atoms with Crippen molar-refractivity contribution in [2.24, 2.45) is 5.11 Å². The minimum atomic E-state index is -0.403. The molecule has 104 valence electrons. The van der Waals surface area contributed by atoms with Crippen molar-refractivity contribution in [3.63, 3.8) is 0 Å². The van der Waals surface area contributed by atoms with Crippen LogP contribution >= 0.6 is 0 Å². The van der Waals surface area contributed by atoms with E-state index in [9.17, 15) is 4.79 Å². The zero-order valence-corrected chi connectivity index (χ0v) is 11.3. The first-order valence-corrected chi connectivity index (χ1v) is 6.26. The molecule has 0 heterocycles. The van der Waals surface area contributed by atoms with Gasteiger partial charge in [-0.3, -0.25) is 0 Å². The van der Waals surface area contributed by atoms with E-state index >= 15 is 0 Å². The standard InChI is InChI=1S/C16H13N3O2/c1-12(18-19-17)14-7-9-15(10-8-14)16(20)21-11-13-5-3-2-4-6-13/h2-10H,1,11H2. The quantitative estimate of drug-likeness (QED) is 0.353. The maximum Gasteiger partial charge on any atom is 0.338 e. The van der Waals surface area contributed by atoms with Crippen molar-refractivity contribution in [2.75, 3.05) is 0 Å². The summed E-state index contributed by atoms with van der Waals surface area (Å²) < 4.78 is 5.22. The van der Waals surface area contributed by atoms with E-state index in [4.69, 9.17) is 10.3 Å². The van der Waals surface area contributed by atoms with Crippen molar-refractivity contribution in [1.29, 1.82) is 0 Å². The zero-order valence-electron chi connectivity index (χ0n) is 11.3. The third-order valence-corrected chi connectivity index (χ3v) is 2.83. The van der Waals surface area contributed by atoms with Gasteiger partial charge >= 0.3 is 5.97 Å². The molecule has 0 atom stereocenters. The van der Waals surface area contributed by atoms with Crippen molar-refractivity contribution >= 4 is 11.7 Å². The molecule has 2 rings (SSSR count). The molecule has 0 fully saturated rings. The Morgan fingerprint density at radius 3 is 2.33 bits per heavy atom. The highest BCUT2D eigenvalue weighted by Gasteiger charge is 2.07. The van der Waals surface area contributed by atoms with Gasteiger partial charge in [0, 0.05) is 10.6 Å². The molecule has 21 heavy (non-hydrogen) atoms. The number of carbonyl (C=O) groups is 1. The van der Waals surface area contributed by atoms with Gasteiger partial charge in [0.15, 0.2) is 0 Å². The number of hydrogen-bond donors (Lipinski definition) is 0. The molecular weight excluding hydrogens is 266 g/mol. The van der Waals surface area contributed by atoms with E-state index in [2.05, 4.69) is 16.6 Å². The molecule has 0 aromatic heterocycles. The first kappa shape index (κ1) is 14.4. The monoisotopic (exact) mass is 279 g/mol. The van der Waals surface area contributed by atoms with E-state index in [-0.39, 0.29) is 6.61 Å². The highest BCUT2D eigenvalue weighted by atomic mass is 16.5. The van der Waals surface area contributed by atoms with Gasteiger partial charge in [0.2, 0.25) is 0 Å². The van der Waals surface area contributed by atoms with Crippen LogP contribution in [0.2, 0.25) is 0 Å². The normalized spacial score (nSPS) is 9.52. The lowest BCUT2D eigenvalue weighted by atomic mass is 10.1. The lowest BCUT2D eigenvalue weighted by Gasteiger charge is -2.06. The van der Waals surface area contributed by atoms with Gasteiger partial charge in [0.1, 0.15) is 6.61 Å². The molecule has 0 aliphatic rings. The molecule has 0 aliphatic heterocycles. The van der Waals surface area contributed by atoms with Gasteiger partial charge in [0.05, 0.1) is 5.56 Å². The highest BCUT2D eigenvalue weighted by Crippen LogP contribution is 2.15. The molecule has 0 unspecified atom stereocenters. The summed E-state index contributed by atoms with van der Waals surface area (Å²) in [5, 5.41) is 3.42. The maximum atomic E-state index is 11.9. The largest absolute Gasteiger partial charge is 0.457 e. The second kappa shape index (κ2) is 6.93. The third kappa shape index (κ3) is 3.96. The molecule has 5 heteroatoms. The van der Waals surface area contributed by atoms with E-state index in [1.807, 2.05) is 30.3 Å². The summed E-state index contributed by atoms with van der Waals surface area (Å²) in [6.07, 6.45) is 0. The smallest absolute Gasteiger partial charge is 0.338 e. The van der Waals surface area contributed by atoms with E-state index < -0.39 is 5.97 Å². The fourth-order valence-electron chi connectivity index (χ4n) is 1.72. The summed E-state index contributed by atoms with van der Waals surface area (Å²) in [6, 6.07) is 16.0. The minimum Gasteiger partial charge on any atom is -0.457 e. The number of benzene rings is 2. The van der Waals surface area contributed by atoms with Gasteiger partial charge < -0.3 is 4.74 Å². The van der Waals surface area contributed by atoms with Crippen LogP contribution in [-0.2, 0) is 11.3 Å². The molecular formula is C16H13N3O2. The van der Waals surface area contributed by atoms with Crippen LogP contribution in [0.1, 0.15) is 21.5 Å². The van der Waals surface area contributed by atoms with Gasteiger partial charge in [-0.25, -0.2) is 4.79 Å². The summed E-state index contributed by atoms with van der Waals surface area (Å²) in [4.78, 5) is 14.6. The van der Waals surface area contributed by atoms with E-state index in [1.165, 1.54) is 0 Å². The number of ether oxygens (including phenoxy) is 1. The van der Waals surface area contributed by atoms with Gasteiger partial charge in [-0.2, -0.15) is 0 Å². The van der Waals surface area contributed by atoms with E-state index in [1.54, 1.807) is 24.3 Å². The topological polar surface area (TPSA) is 75.1 Å². The number of nitrogens with zero attached hydrogens (tertiary/aromatic N) is 3. The van der Waals surface area contributed by atoms with Gasteiger partial charge in [-0.15, -0.1) is 0 Å². The lowest BCUT2D eigenvalue weighted by Crippen LogP contribution is -2.05. The highest BCUT2D eigenvalue weighted by molar-refractivity contribution is 5.89. The van der Waals surface area contributed by atoms with Gasteiger partial charge in [0.25, 0.3) is 0 Å². The Hall–Kier alpha value is -3.04. The first-order chi connectivity index (χ1) is 10.2. The summed E-state index contributed by atoms with van der Waals surface area (Å²) in [5.74, 6) is -0.403. The first-order valence-electron chi connectivity index (χ1n) is 6.26. The van der Waals surface area contributed by atoms with Crippen LogP contribution < -0.4 is 0 Å². The van der Waals surface area contributed by atoms with Crippen molar-refractivity contribution in [1.82, 2.24) is 0 Å². The molecule has 0 amide bonds. The molecule has 0 N–H and O–H groups in total.